The molecule has 1 rings (SSSR count). The van der Waals surface area contributed by atoms with Crippen molar-refractivity contribution in [1.82, 2.24) is 0 Å². The van der Waals surface area contributed by atoms with E-state index in [1.54, 1.807) is 0 Å². The number of carbonyl (C=O) groups is 1. The molecular formula is C14H20O. The normalized spacial score (nSPS) is 15.7. The molecule has 82 valence electrons. The van der Waals surface area contributed by atoms with Gasteiger partial charge in [0.05, 0.1) is 0 Å². The monoisotopic (exact) mass is 204 g/mol. The second-order valence-electron chi connectivity index (χ2n) is 5.23. The summed E-state index contributed by atoms with van der Waals surface area (Å²) in [6.07, 6.45) is 1.09. The lowest BCUT2D eigenvalue weighted by molar-refractivity contribution is -0.114. The van der Waals surface area contributed by atoms with E-state index in [4.69, 9.17) is 0 Å². The molecule has 0 N–H and O–H groups in total. The van der Waals surface area contributed by atoms with Gasteiger partial charge in [-0.15, -0.1) is 0 Å². The molecule has 0 aliphatic carbocycles. The zero-order chi connectivity index (χ0) is 11.5. The Morgan fingerprint density at radius 3 is 2.07 bits per heavy atom. The number of hydrogen-bond acceptors (Lipinski definition) is 1. The summed E-state index contributed by atoms with van der Waals surface area (Å²) < 4.78 is 0. The number of carbonyl (C=O) groups excluding carboxylic acids is 1. The lowest BCUT2D eigenvalue weighted by Gasteiger charge is -2.31. The van der Waals surface area contributed by atoms with Crippen LogP contribution in [0.1, 0.15) is 39.2 Å². The number of hydrogen-bond donors (Lipinski definition) is 0. The van der Waals surface area contributed by atoms with Gasteiger partial charge in [-0.2, -0.15) is 0 Å². The van der Waals surface area contributed by atoms with Crippen LogP contribution in [0.2, 0.25) is 0 Å². The average molecular weight is 204 g/mol. The molecule has 1 aromatic rings. The summed E-state index contributed by atoms with van der Waals surface area (Å²) in [4.78, 5) is 11.2. The van der Waals surface area contributed by atoms with Crippen LogP contribution < -0.4 is 0 Å². The van der Waals surface area contributed by atoms with Gasteiger partial charge in [0, 0.05) is 5.92 Å². The fraction of sp³-hybridized carbons (Fsp3) is 0.500. The average Bonchev–Trinajstić information content (AvgIpc) is 2.18. The summed E-state index contributed by atoms with van der Waals surface area (Å²) in [6, 6.07) is 10.2. The lowest BCUT2D eigenvalue weighted by Crippen LogP contribution is -2.26. The van der Waals surface area contributed by atoms with Crippen molar-refractivity contribution in [2.24, 2.45) is 11.3 Å². The van der Waals surface area contributed by atoms with Gasteiger partial charge in [-0.1, -0.05) is 58.0 Å². The highest BCUT2D eigenvalue weighted by atomic mass is 16.1. The molecule has 0 saturated carbocycles. The molecule has 0 spiro atoms. The van der Waals surface area contributed by atoms with E-state index < -0.39 is 0 Å². The smallest absolute Gasteiger partial charge is 0.124 e. The highest BCUT2D eigenvalue weighted by molar-refractivity contribution is 5.57. The second-order valence-corrected chi connectivity index (χ2v) is 5.23. The van der Waals surface area contributed by atoms with Crippen molar-refractivity contribution >= 4 is 6.29 Å². The molecule has 0 aliphatic rings. The molecule has 1 heteroatoms. The first-order chi connectivity index (χ1) is 6.96. The quantitative estimate of drug-likeness (QED) is 0.687. The zero-order valence-electron chi connectivity index (χ0n) is 10.0. The van der Waals surface area contributed by atoms with Gasteiger partial charge in [0.1, 0.15) is 6.29 Å². The molecule has 2 unspecified atom stereocenters. The molecule has 0 saturated heterocycles. The molecule has 0 aromatic heterocycles. The summed E-state index contributed by atoms with van der Waals surface area (Å²) in [7, 11) is 0. The van der Waals surface area contributed by atoms with Crippen LogP contribution in [0.25, 0.3) is 0 Å². The minimum absolute atomic E-state index is 0.0248. The summed E-state index contributed by atoms with van der Waals surface area (Å²) in [6.45, 7) is 8.47. The van der Waals surface area contributed by atoms with Crippen LogP contribution in [0.4, 0.5) is 0 Å². The summed E-state index contributed by atoms with van der Waals surface area (Å²) >= 11 is 0. The Balaban J connectivity index is 2.92. The number of rotatable bonds is 3. The fourth-order valence-corrected chi connectivity index (χ4v) is 2.04. The second kappa shape index (κ2) is 4.61. The van der Waals surface area contributed by atoms with E-state index >= 15 is 0 Å². The van der Waals surface area contributed by atoms with Crippen molar-refractivity contribution in [2.45, 2.75) is 33.6 Å². The highest BCUT2D eigenvalue weighted by Gasteiger charge is 2.29. The zero-order valence-corrected chi connectivity index (χ0v) is 10.0. The molecule has 0 heterocycles. The van der Waals surface area contributed by atoms with Crippen molar-refractivity contribution in [3.05, 3.63) is 35.9 Å². The third-order valence-corrected chi connectivity index (χ3v) is 3.01. The van der Waals surface area contributed by atoms with Crippen molar-refractivity contribution in [3.63, 3.8) is 0 Å². The minimum atomic E-state index is 0.0248. The first-order valence-electron chi connectivity index (χ1n) is 5.47. The molecule has 0 radical (unpaired) electrons. The van der Waals surface area contributed by atoms with E-state index in [2.05, 4.69) is 39.8 Å². The molecular weight excluding hydrogens is 184 g/mol. The van der Waals surface area contributed by atoms with Crippen molar-refractivity contribution < 1.29 is 4.79 Å². The van der Waals surface area contributed by atoms with Gasteiger partial charge in [-0.05, 0) is 16.9 Å². The van der Waals surface area contributed by atoms with Gasteiger partial charge in [-0.3, -0.25) is 0 Å². The van der Waals surface area contributed by atoms with Gasteiger partial charge in [0.15, 0.2) is 0 Å². The van der Waals surface area contributed by atoms with E-state index in [0.29, 0.717) is 0 Å². The van der Waals surface area contributed by atoms with Crippen molar-refractivity contribution in [3.8, 4) is 0 Å². The Morgan fingerprint density at radius 2 is 1.67 bits per heavy atom. The van der Waals surface area contributed by atoms with E-state index in [0.717, 1.165) is 6.29 Å². The van der Waals surface area contributed by atoms with Gasteiger partial charge >= 0.3 is 0 Å². The number of aldehydes is 1. The molecule has 0 fully saturated rings. The van der Waals surface area contributed by atoms with Crippen LogP contribution in [0.3, 0.4) is 0 Å². The Kier molecular flexibility index (Phi) is 3.67. The fourth-order valence-electron chi connectivity index (χ4n) is 2.04. The summed E-state index contributed by atoms with van der Waals surface area (Å²) in [5, 5.41) is 0. The summed E-state index contributed by atoms with van der Waals surface area (Å²) in [5.41, 5.74) is 1.27. The molecule has 1 aromatic carbocycles. The first kappa shape index (κ1) is 12.0. The molecule has 15 heavy (non-hydrogen) atoms. The van der Waals surface area contributed by atoms with E-state index in [1.807, 2.05) is 18.2 Å². The molecule has 0 aliphatic heterocycles. The van der Waals surface area contributed by atoms with Crippen molar-refractivity contribution in [1.29, 1.82) is 0 Å². The SMILES string of the molecule is CC(c1ccccc1)C(C=O)C(C)(C)C. The maximum absolute atomic E-state index is 11.2. The standard InChI is InChI=1S/C14H20O/c1-11(12-8-6-5-7-9-12)13(10-15)14(2,3)4/h5-11,13H,1-4H3. The van der Waals surface area contributed by atoms with Crippen LogP contribution in [0.15, 0.2) is 30.3 Å². The van der Waals surface area contributed by atoms with Crippen LogP contribution in [0.5, 0.6) is 0 Å². The van der Waals surface area contributed by atoms with Crippen LogP contribution in [-0.2, 0) is 4.79 Å². The third kappa shape index (κ3) is 2.92. The topological polar surface area (TPSA) is 17.1 Å². The molecule has 1 nitrogen and oxygen atoms in total. The van der Waals surface area contributed by atoms with Gasteiger partial charge in [0.25, 0.3) is 0 Å². The highest BCUT2D eigenvalue weighted by Crippen LogP contribution is 2.35. The maximum Gasteiger partial charge on any atom is 0.124 e. The van der Waals surface area contributed by atoms with Crippen LogP contribution >= 0.6 is 0 Å². The number of benzene rings is 1. The van der Waals surface area contributed by atoms with Gasteiger partial charge in [-0.25, -0.2) is 0 Å². The molecule has 0 bridgehead atoms. The minimum Gasteiger partial charge on any atom is -0.303 e. The third-order valence-electron chi connectivity index (χ3n) is 3.01. The predicted octanol–water partition coefficient (Wildman–Crippen LogP) is 3.65. The summed E-state index contributed by atoms with van der Waals surface area (Å²) in [5.74, 6) is 0.351. The van der Waals surface area contributed by atoms with Crippen LogP contribution in [0, 0.1) is 11.3 Å². The predicted molar refractivity (Wildman–Crippen MR) is 63.9 cm³/mol. The van der Waals surface area contributed by atoms with E-state index in [1.165, 1.54) is 5.56 Å². The largest absolute Gasteiger partial charge is 0.303 e. The first-order valence-corrected chi connectivity index (χ1v) is 5.47. The molecule has 0 amide bonds. The van der Waals surface area contributed by atoms with Gasteiger partial charge < -0.3 is 4.79 Å². The Bertz CT molecular complexity index is 308. The van der Waals surface area contributed by atoms with Crippen LogP contribution in [-0.4, -0.2) is 6.29 Å². The maximum atomic E-state index is 11.2. The Labute approximate surface area is 92.5 Å². The van der Waals surface area contributed by atoms with E-state index in [9.17, 15) is 4.79 Å². The Hall–Kier alpha value is -1.11. The lowest BCUT2D eigenvalue weighted by atomic mass is 9.72. The van der Waals surface area contributed by atoms with Crippen molar-refractivity contribution in [2.75, 3.05) is 0 Å². The molecule has 2 atom stereocenters. The van der Waals surface area contributed by atoms with E-state index in [-0.39, 0.29) is 17.3 Å². The Morgan fingerprint density at radius 1 is 1.13 bits per heavy atom. The van der Waals surface area contributed by atoms with Gasteiger partial charge in [0.2, 0.25) is 0 Å².